The minimum atomic E-state index is -1.03. The topological polar surface area (TPSA) is 50.4 Å². The van der Waals surface area contributed by atoms with Crippen molar-refractivity contribution in [2.24, 2.45) is 0 Å². The Morgan fingerprint density at radius 1 is 1.13 bits per heavy atom. The summed E-state index contributed by atoms with van der Waals surface area (Å²) in [4.78, 5) is 10.6. The summed E-state index contributed by atoms with van der Waals surface area (Å²) < 4.78 is 5.15. The van der Waals surface area contributed by atoms with Gasteiger partial charge in [0.15, 0.2) is 0 Å². The van der Waals surface area contributed by atoms with Gasteiger partial charge in [0.1, 0.15) is 5.76 Å². The minimum Gasteiger partial charge on any atom is -0.475 e. The van der Waals surface area contributed by atoms with Crippen molar-refractivity contribution in [3.63, 3.8) is 0 Å². The van der Waals surface area contributed by atoms with Crippen molar-refractivity contribution >= 4 is 5.97 Å². The minimum absolute atomic E-state index is 0.0130. The summed E-state index contributed by atoms with van der Waals surface area (Å²) in [5.74, 6) is -0.381. The number of carboxylic acids is 1. The van der Waals surface area contributed by atoms with Crippen LogP contribution in [0.2, 0.25) is 0 Å². The number of carbonyl (C=O) groups is 1. The van der Waals surface area contributed by atoms with Gasteiger partial charge in [-0.1, -0.05) is 30.3 Å². The molecular formula is C12H10O3. The Kier molecular flexibility index (Phi) is 2.54. The summed E-state index contributed by atoms with van der Waals surface area (Å²) in [6, 6.07) is 12.9. The molecule has 0 atom stereocenters. The van der Waals surface area contributed by atoms with Gasteiger partial charge in [-0.05, 0) is 17.7 Å². The van der Waals surface area contributed by atoms with Gasteiger partial charge in [-0.15, -0.1) is 0 Å². The summed E-state index contributed by atoms with van der Waals surface area (Å²) in [6.45, 7) is 0. The fourth-order valence-electron chi connectivity index (χ4n) is 1.38. The highest BCUT2D eigenvalue weighted by Crippen LogP contribution is 2.12. The van der Waals surface area contributed by atoms with Crippen LogP contribution in [0, 0.1) is 0 Å². The van der Waals surface area contributed by atoms with Crippen molar-refractivity contribution in [2.45, 2.75) is 6.42 Å². The lowest BCUT2D eigenvalue weighted by atomic mass is 10.1. The van der Waals surface area contributed by atoms with Gasteiger partial charge in [0.05, 0.1) is 0 Å². The molecule has 2 rings (SSSR count). The van der Waals surface area contributed by atoms with Crippen LogP contribution in [0.25, 0.3) is 0 Å². The summed E-state index contributed by atoms with van der Waals surface area (Å²) in [5.41, 5.74) is 1.10. The Labute approximate surface area is 87.0 Å². The Morgan fingerprint density at radius 2 is 1.87 bits per heavy atom. The third kappa shape index (κ3) is 2.26. The van der Waals surface area contributed by atoms with Crippen molar-refractivity contribution in [1.82, 2.24) is 0 Å². The first-order chi connectivity index (χ1) is 7.25. The van der Waals surface area contributed by atoms with E-state index in [1.54, 1.807) is 6.07 Å². The molecule has 76 valence electrons. The second-order valence-electron chi connectivity index (χ2n) is 3.23. The first-order valence-electron chi connectivity index (χ1n) is 4.61. The maximum absolute atomic E-state index is 10.6. The Bertz CT molecular complexity index is 457. The van der Waals surface area contributed by atoms with Gasteiger partial charge < -0.3 is 9.52 Å². The highest BCUT2D eigenvalue weighted by molar-refractivity contribution is 5.84. The van der Waals surface area contributed by atoms with Crippen LogP contribution in [-0.4, -0.2) is 11.1 Å². The first-order valence-corrected chi connectivity index (χ1v) is 4.61. The number of furan rings is 1. The van der Waals surface area contributed by atoms with Gasteiger partial charge in [-0.3, -0.25) is 0 Å². The van der Waals surface area contributed by atoms with Gasteiger partial charge in [-0.25, -0.2) is 4.79 Å². The lowest BCUT2D eigenvalue weighted by Crippen LogP contribution is -1.92. The van der Waals surface area contributed by atoms with Crippen molar-refractivity contribution < 1.29 is 14.3 Å². The highest BCUT2D eigenvalue weighted by Gasteiger charge is 2.08. The Hall–Kier alpha value is -2.03. The van der Waals surface area contributed by atoms with E-state index in [1.165, 1.54) is 6.07 Å². The summed E-state index contributed by atoms with van der Waals surface area (Å²) in [6.07, 6.45) is 0.619. The summed E-state index contributed by atoms with van der Waals surface area (Å²) in [7, 11) is 0. The molecule has 0 spiro atoms. The van der Waals surface area contributed by atoms with Gasteiger partial charge in [-0.2, -0.15) is 0 Å². The van der Waals surface area contributed by atoms with E-state index in [1.807, 2.05) is 30.3 Å². The second kappa shape index (κ2) is 4.00. The predicted octanol–water partition coefficient (Wildman–Crippen LogP) is 2.57. The van der Waals surface area contributed by atoms with Gasteiger partial charge in [0.2, 0.25) is 5.76 Å². The van der Waals surface area contributed by atoms with E-state index in [0.29, 0.717) is 12.2 Å². The number of aromatic carboxylic acids is 1. The molecule has 0 saturated carbocycles. The largest absolute Gasteiger partial charge is 0.475 e. The van der Waals surface area contributed by atoms with E-state index in [0.717, 1.165) is 5.56 Å². The van der Waals surface area contributed by atoms with E-state index in [-0.39, 0.29) is 5.76 Å². The molecule has 1 N–H and O–H groups in total. The molecule has 1 heterocycles. The van der Waals surface area contributed by atoms with E-state index in [2.05, 4.69) is 0 Å². The number of carboxylic acid groups (broad SMARTS) is 1. The van der Waals surface area contributed by atoms with Crippen LogP contribution in [-0.2, 0) is 6.42 Å². The maximum Gasteiger partial charge on any atom is 0.371 e. The molecule has 0 radical (unpaired) electrons. The van der Waals surface area contributed by atoms with Crippen LogP contribution in [0.3, 0.4) is 0 Å². The van der Waals surface area contributed by atoms with Crippen LogP contribution in [0.1, 0.15) is 21.9 Å². The molecule has 0 aliphatic carbocycles. The van der Waals surface area contributed by atoms with Gasteiger partial charge >= 0.3 is 5.97 Å². The zero-order valence-electron chi connectivity index (χ0n) is 8.01. The van der Waals surface area contributed by atoms with Crippen LogP contribution >= 0.6 is 0 Å². The van der Waals surface area contributed by atoms with Gasteiger partial charge in [0.25, 0.3) is 0 Å². The molecule has 0 fully saturated rings. The first kappa shape index (κ1) is 9.52. The van der Waals surface area contributed by atoms with E-state index < -0.39 is 5.97 Å². The zero-order valence-corrected chi connectivity index (χ0v) is 8.01. The third-order valence-corrected chi connectivity index (χ3v) is 2.09. The lowest BCUT2D eigenvalue weighted by molar-refractivity contribution is 0.0660. The molecule has 0 aliphatic rings. The third-order valence-electron chi connectivity index (χ3n) is 2.09. The number of benzene rings is 1. The van der Waals surface area contributed by atoms with E-state index in [9.17, 15) is 4.79 Å². The molecule has 2 aromatic rings. The number of hydrogen-bond donors (Lipinski definition) is 1. The Balaban J connectivity index is 2.15. The molecular weight excluding hydrogens is 192 g/mol. The molecule has 0 saturated heterocycles. The molecule has 0 bridgehead atoms. The standard InChI is InChI=1S/C12H10O3/c13-12(14)11-7-6-10(15-11)8-9-4-2-1-3-5-9/h1-7H,8H2,(H,13,14). The lowest BCUT2D eigenvalue weighted by Gasteiger charge is -1.96. The molecule has 0 aliphatic heterocycles. The smallest absolute Gasteiger partial charge is 0.371 e. The van der Waals surface area contributed by atoms with Crippen LogP contribution in [0.5, 0.6) is 0 Å². The van der Waals surface area contributed by atoms with Crippen molar-refractivity contribution in [2.75, 3.05) is 0 Å². The average Bonchev–Trinajstić information content (AvgIpc) is 2.68. The number of rotatable bonds is 3. The number of hydrogen-bond acceptors (Lipinski definition) is 2. The zero-order chi connectivity index (χ0) is 10.7. The molecule has 3 heteroatoms. The molecule has 0 unspecified atom stereocenters. The molecule has 15 heavy (non-hydrogen) atoms. The average molecular weight is 202 g/mol. The normalized spacial score (nSPS) is 10.1. The molecule has 1 aromatic carbocycles. The predicted molar refractivity (Wildman–Crippen MR) is 54.9 cm³/mol. The van der Waals surface area contributed by atoms with Gasteiger partial charge in [0, 0.05) is 6.42 Å². The van der Waals surface area contributed by atoms with E-state index in [4.69, 9.17) is 9.52 Å². The van der Waals surface area contributed by atoms with Crippen molar-refractivity contribution in [3.05, 3.63) is 59.5 Å². The van der Waals surface area contributed by atoms with Crippen LogP contribution in [0.4, 0.5) is 0 Å². The summed E-state index contributed by atoms with van der Waals surface area (Å²) >= 11 is 0. The highest BCUT2D eigenvalue weighted by atomic mass is 16.4. The summed E-state index contributed by atoms with van der Waals surface area (Å²) in [5, 5.41) is 8.67. The quantitative estimate of drug-likeness (QED) is 0.832. The SMILES string of the molecule is O=C(O)c1ccc(Cc2ccccc2)o1. The second-order valence-corrected chi connectivity index (χ2v) is 3.23. The fourth-order valence-corrected chi connectivity index (χ4v) is 1.38. The van der Waals surface area contributed by atoms with Crippen LogP contribution < -0.4 is 0 Å². The Morgan fingerprint density at radius 3 is 2.47 bits per heavy atom. The van der Waals surface area contributed by atoms with Crippen LogP contribution in [0.15, 0.2) is 46.9 Å². The van der Waals surface area contributed by atoms with Crippen molar-refractivity contribution in [3.8, 4) is 0 Å². The van der Waals surface area contributed by atoms with E-state index >= 15 is 0 Å². The monoisotopic (exact) mass is 202 g/mol. The molecule has 1 aromatic heterocycles. The maximum atomic E-state index is 10.6. The fraction of sp³-hybridized carbons (Fsp3) is 0.0833. The molecule has 0 amide bonds. The molecule has 3 nitrogen and oxygen atoms in total. The van der Waals surface area contributed by atoms with Crippen molar-refractivity contribution in [1.29, 1.82) is 0 Å².